The Balaban J connectivity index is 0.00000181. The van der Waals surface area contributed by atoms with Gasteiger partial charge in [0.25, 0.3) is 0 Å². The minimum atomic E-state index is -0.537. The quantitative estimate of drug-likeness (QED) is 0.328. The molecule has 210 valence electrons. The normalized spacial score (nSPS) is 13.3. The molecule has 0 bridgehead atoms. The molecule has 0 spiro atoms. The van der Waals surface area contributed by atoms with Gasteiger partial charge in [0.15, 0.2) is 5.82 Å². The molecular formula is C30H37N7O3. The van der Waals surface area contributed by atoms with Gasteiger partial charge in [-0.1, -0.05) is 32.0 Å². The molecule has 10 heteroatoms. The summed E-state index contributed by atoms with van der Waals surface area (Å²) < 4.78 is 11.2. The molecule has 1 aliphatic rings. The van der Waals surface area contributed by atoms with Crippen LogP contribution in [0.3, 0.4) is 0 Å². The smallest absolute Gasteiger partial charge is 0.410 e. The number of benzene rings is 1. The fourth-order valence-electron chi connectivity index (χ4n) is 4.28. The maximum absolute atomic E-state index is 12.6. The van der Waals surface area contributed by atoms with E-state index in [0.717, 1.165) is 22.5 Å². The van der Waals surface area contributed by atoms with Gasteiger partial charge in [-0.25, -0.2) is 19.7 Å². The molecule has 0 saturated carbocycles. The number of methoxy groups -OCH3 is 1. The van der Waals surface area contributed by atoms with E-state index in [2.05, 4.69) is 20.2 Å². The van der Waals surface area contributed by atoms with Gasteiger partial charge in [0, 0.05) is 43.6 Å². The molecule has 0 radical (unpaired) electrons. The van der Waals surface area contributed by atoms with E-state index >= 15 is 0 Å². The maximum Gasteiger partial charge on any atom is 0.410 e. The number of anilines is 3. The number of ether oxygens (including phenoxy) is 2. The lowest BCUT2D eigenvalue weighted by atomic mass is 10.2. The molecule has 40 heavy (non-hydrogen) atoms. The van der Waals surface area contributed by atoms with Crippen molar-refractivity contribution < 1.29 is 14.3 Å². The second-order valence-corrected chi connectivity index (χ2v) is 9.98. The van der Waals surface area contributed by atoms with Crippen molar-refractivity contribution in [3.8, 4) is 17.1 Å². The summed E-state index contributed by atoms with van der Waals surface area (Å²) in [5.74, 6) is 2.58. The Kier molecular flexibility index (Phi) is 8.98. The number of nitrogens with one attached hydrogen (secondary N) is 1. The molecule has 5 rings (SSSR count). The lowest BCUT2D eigenvalue weighted by Crippen LogP contribution is -2.50. The number of hydrogen-bond donors (Lipinski definition) is 1. The summed E-state index contributed by atoms with van der Waals surface area (Å²) >= 11 is 0. The lowest BCUT2D eigenvalue weighted by molar-refractivity contribution is 0.0240. The number of carbonyl (C=O) groups is 1. The van der Waals surface area contributed by atoms with Gasteiger partial charge in [0.05, 0.1) is 30.4 Å². The SMILES string of the molecule is CC.COc1cncc2nc(-c3ccnc(Nc4ccccc4)c3)nc(N3CCN(C(=O)OC(C)(C)C)CC3)c12. The highest BCUT2D eigenvalue weighted by Gasteiger charge is 2.28. The van der Waals surface area contributed by atoms with E-state index in [-0.39, 0.29) is 6.09 Å². The van der Waals surface area contributed by atoms with Crippen molar-refractivity contribution >= 4 is 34.3 Å². The van der Waals surface area contributed by atoms with Crippen LogP contribution >= 0.6 is 0 Å². The van der Waals surface area contributed by atoms with E-state index in [9.17, 15) is 4.79 Å². The molecule has 10 nitrogen and oxygen atoms in total. The van der Waals surface area contributed by atoms with Crippen LogP contribution < -0.4 is 15.0 Å². The van der Waals surface area contributed by atoms with Crippen molar-refractivity contribution in [1.82, 2.24) is 24.8 Å². The van der Waals surface area contributed by atoms with Crippen LogP contribution in [0.25, 0.3) is 22.3 Å². The summed E-state index contributed by atoms with van der Waals surface area (Å²) in [5.41, 5.74) is 1.89. The molecule has 0 unspecified atom stereocenters. The van der Waals surface area contributed by atoms with Crippen LogP contribution in [-0.2, 0) is 4.74 Å². The van der Waals surface area contributed by atoms with E-state index in [1.807, 2.05) is 77.1 Å². The van der Waals surface area contributed by atoms with E-state index in [1.54, 1.807) is 30.6 Å². The van der Waals surface area contributed by atoms with Gasteiger partial charge in [-0.05, 0) is 45.0 Å². The second-order valence-electron chi connectivity index (χ2n) is 9.98. The number of aromatic nitrogens is 4. The number of nitrogens with zero attached hydrogens (tertiary/aromatic N) is 6. The Bertz CT molecular complexity index is 1430. The Morgan fingerprint density at radius 1 is 0.975 bits per heavy atom. The summed E-state index contributed by atoms with van der Waals surface area (Å²) in [5, 5.41) is 4.11. The Morgan fingerprint density at radius 3 is 2.38 bits per heavy atom. The molecule has 4 heterocycles. The number of hydrogen-bond acceptors (Lipinski definition) is 9. The zero-order valence-corrected chi connectivity index (χ0v) is 24.0. The highest BCUT2D eigenvalue weighted by atomic mass is 16.6. The van der Waals surface area contributed by atoms with E-state index in [0.29, 0.717) is 49.1 Å². The fraction of sp³-hybridized carbons (Fsp3) is 0.367. The molecule has 1 aliphatic heterocycles. The first-order chi connectivity index (χ1) is 19.3. The molecule has 0 aliphatic carbocycles. The van der Waals surface area contributed by atoms with Crippen LogP contribution in [-0.4, -0.2) is 69.8 Å². The predicted molar refractivity (Wildman–Crippen MR) is 158 cm³/mol. The number of amides is 1. The minimum absolute atomic E-state index is 0.303. The van der Waals surface area contributed by atoms with Crippen LogP contribution in [0.1, 0.15) is 34.6 Å². The van der Waals surface area contributed by atoms with Gasteiger partial charge in [0.1, 0.15) is 23.0 Å². The van der Waals surface area contributed by atoms with Crippen molar-refractivity contribution in [2.75, 3.05) is 43.5 Å². The van der Waals surface area contributed by atoms with Crippen molar-refractivity contribution in [1.29, 1.82) is 0 Å². The molecule has 0 atom stereocenters. The third-order valence-corrected chi connectivity index (χ3v) is 6.07. The average molecular weight is 544 g/mol. The first-order valence-electron chi connectivity index (χ1n) is 13.5. The molecule has 1 aromatic carbocycles. The predicted octanol–water partition coefficient (Wildman–Crippen LogP) is 5.92. The number of piperazine rings is 1. The lowest BCUT2D eigenvalue weighted by Gasteiger charge is -2.36. The van der Waals surface area contributed by atoms with E-state index in [4.69, 9.17) is 19.4 Å². The Labute approximate surface area is 235 Å². The van der Waals surface area contributed by atoms with Crippen molar-refractivity contribution in [3.63, 3.8) is 0 Å². The van der Waals surface area contributed by atoms with Crippen molar-refractivity contribution in [2.45, 2.75) is 40.2 Å². The number of carbonyl (C=O) groups excluding carboxylic acids is 1. The summed E-state index contributed by atoms with van der Waals surface area (Å²) in [6, 6.07) is 13.7. The van der Waals surface area contributed by atoms with Gasteiger partial charge < -0.3 is 24.6 Å². The van der Waals surface area contributed by atoms with Crippen LogP contribution in [0.4, 0.5) is 22.1 Å². The van der Waals surface area contributed by atoms with Crippen LogP contribution in [0, 0.1) is 0 Å². The third kappa shape index (κ3) is 6.74. The summed E-state index contributed by atoms with van der Waals surface area (Å²) in [6.07, 6.45) is 4.81. The van der Waals surface area contributed by atoms with Crippen LogP contribution in [0.15, 0.2) is 61.1 Å². The van der Waals surface area contributed by atoms with Crippen LogP contribution in [0.2, 0.25) is 0 Å². The van der Waals surface area contributed by atoms with Crippen molar-refractivity contribution in [2.24, 2.45) is 0 Å². The molecule has 1 saturated heterocycles. The highest BCUT2D eigenvalue weighted by Crippen LogP contribution is 2.34. The molecular weight excluding hydrogens is 506 g/mol. The molecule has 3 aromatic heterocycles. The zero-order chi connectivity index (χ0) is 28.7. The zero-order valence-electron chi connectivity index (χ0n) is 24.0. The second kappa shape index (κ2) is 12.6. The summed E-state index contributed by atoms with van der Waals surface area (Å²) in [7, 11) is 1.61. The monoisotopic (exact) mass is 543 g/mol. The Hall–Kier alpha value is -4.47. The summed E-state index contributed by atoms with van der Waals surface area (Å²) in [6.45, 7) is 11.8. The highest BCUT2D eigenvalue weighted by molar-refractivity contribution is 5.95. The minimum Gasteiger partial charge on any atom is -0.494 e. The maximum atomic E-state index is 12.6. The van der Waals surface area contributed by atoms with Gasteiger partial charge in [-0.2, -0.15) is 0 Å². The average Bonchev–Trinajstić information content (AvgIpc) is 2.97. The van der Waals surface area contributed by atoms with Gasteiger partial charge in [-0.3, -0.25) is 4.98 Å². The summed E-state index contributed by atoms with van der Waals surface area (Å²) in [4.78, 5) is 35.1. The fourth-order valence-corrected chi connectivity index (χ4v) is 4.28. The Morgan fingerprint density at radius 2 is 1.70 bits per heavy atom. The standard InChI is InChI=1S/C28H31N7O3.C2H6/c1-28(2,3)38-27(36)35-14-12-34(13-15-35)26-24-21(17-29-18-22(24)37-4)32-25(33-26)19-10-11-30-23(16-19)31-20-8-6-5-7-9-20;1-2/h5-11,16-18H,12-15H2,1-4H3,(H,30,31);1-2H3. The van der Waals surface area contributed by atoms with Gasteiger partial charge in [0.2, 0.25) is 0 Å². The molecule has 4 aromatic rings. The van der Waals surface area contributed by atoms with E-state index < -0.39 is 5.60 Å². The number of para-hydroxylation sites is 1. The first kappa shape index (κ1) is 28.5. The number of rotatable bonds is 5. The number of pyridine rings is 2. The van der Waals surface area contributed by atoms with Crippen LogP contribution in [0.5, 0.6) is 5.75 Å². The van der Waals surface area contributed by atoms with E-state index in [1.165, 1.54) is 0 Å². The molecule has 1 N–H and O–H groups in total. The first-order valence-corrected chi connectivity index (χ1v) is 13.5. The largest absolute Gasteiger partial charge is 0.494 e. The van der Waals surface area contributed by atoms with Gasteiger partial charge >= 0.3 is 6.09 Å². The molecule has 1 amide bonds. The number of fused-ring (bicyclic) bond motifs is 1. The molecule has 1 fully saturated rings. The topological polar surface area (TPSA) is 106 Å². The van der Waals surface area contributed by atoms with Crippen molar-refractivity contribution in [3.05, 3.63) is 61.1 Å². The third-order valence-electron chi connectivity index (χ3n) is 6.07. The van der Waals surface area contributed by atoms with Gasteiger partial charge in [-0.15, -0.1) is 0 Å².